The SMILES string of the molecule is CC[C@H](C)[C@@H](CO)NC(=O)C[C@H](O)[C@H](CC(C)C)NC(=O)[C@@H](N)CC1=CN(C(=O)[C@H](C)N)CN1c1cccc2ccccc12. The third-order valence-electron chi connectivity index (χ3n) is 8.23. The molecule has 11 nitrogen and oxygen atoms in total. The minimum atomic E-state index is -1.15. The van der Waals surface area contributed by atoms with Gasteiger partial charge in [-0.05, 0) is 36.6 Å². The second-order valence-corrected chi connectivity index (χ2v) is 12.4. The predicted molar refractivity (Wildman–Crippen MR) is 173 cm³/mol. The highest BCUT2D eigenvalue weighted by atomic mass is 16.3. The van der Waals surface area contributed by atoms with Crippen molar-refractivity contribution in [2.24, 2.45) is 23.3 Å². The summed E-state index contributed by atoms with van der Waals surface area (Å²) in [5.41, 5.74) is 13.9. The number of aliphatic hydroxyl groups is 2. The molecule has 0 aromatic heterocycles. The lowest BCUT2D eigenvalue weighted by molar-refractivity contribution is -0.129. The Bertz CT molecular complexity index is 1310. The van der Waals surface area contributed by atoms with E-state index in [0.29, 0.717) is 12.1 Å². The van der Waals surface area contributed by atoms with Crippen LogP contribution in [-0.2, 0) is 14.4 Å². The zero-order valence-electron chi connectivity index (χ0n) is 26.6. The number of nitrogens with one attached hydrogen (secondary N) is 2. The van der Waals surface area contributed by atoms with Gasteiger partial charge in [-0.2, -0.15) is 0 Å². The molecule has 44 heavy (non-hydrogen) atoms. The summed E-state index contributed by atoms with van der Waals surface area (Å²) in [5, 5.41) is 28.4. The molecule has 0 unspecified atom stereocenters. The summed E-state index contributed by atoms with van der Waals surface area (Å²) in [7, 11) is 0. The maximum absolute atomic E-state index is 13.4. The number of benzene rings is 2. The monoisotopic (exact) mass is 610 g/mol. The molecule has 0 saturated carbocycles. The van der Waals surface area contributed by atoms with E-state index in [4.69, 9.17) is 11.5 Å². The zero-order chi connectivity index (χ0) is 32.6. The van der Waals surface area contributed by atoms with Crippen molar-refractivity contribution in [2.45, 2.75) is 90.6 Å². The van der Waals surface area contributed by atoms with Gasteiger partial charge in [0, 0.05) is 23.7 Å². The van der Waals surface area contributed by atoms with Gasteiger partial charge in [0.15, 0.2) is 0 Å². The van der Waals surface area contributed by atoms with Crippen LogP contribution in [0.3, 0.4) is 0 Å². The quantitative estimate of drug-likeness (QED) is 0.178. The van der Waals surface area contributed by atoms with Crippen molar-refractivity contribution >= 4 is 34.2 Å². The van der Waals surface area contributed by atoms with Crippen molar-refractivity contribution < 1.29 is 24.6 Å². The van der Waals surface area contributed by atoms with E-state index in [-0.39, 0.29) is 43.9 Å². The molecule has 11 heteroatoms. The molecule has 1 aliphatic heterocycles. The lowest BCUT2D eigenvalue weighted by atomic mass is 9.95. The van der Waals surface area contributed by atoms with Gasteiger partial charge in [-0.3, -0.25) is 19.3 Å². The van der Waals surface area contributed by atoms with E-state index in [0.717, 1.165) is 22.9 Å². The minimum absolute atomic E-state index is 0.0721. The average molecular weight is 611 g/mol. The number of hydrogen-bond acceptors (Lipinski definition) is 8. The molecule has 0 saturated heterocycles. The Kier molecular flexibility index (Phi) is 12.7. The molecule has 2 aromatic carbocycles. The third-order valence-corrected chi connectivity index (χ3v) is 8.23. The van der Waals surface area contributed by atoms with Crippen LogP contribution in [-0.4, -0.2) is 76.4 Å². The topological polar surface area (TPSA) is 174 Å². The van der Waals surface area contributed by atoms with Crippen molar-refractivity contribution in [2.75, 3.05) is 18.2 Å². The highest BCUT2D eigenvalue weighted by Crippen LogP contribution is 2.33. The summed E-state index contributed by atoms with van der Waals surface area (Å²) < 4.78 is 0. The second-order valence-electron chi connectivity index (χ2n) is 12.4. The van der Waals surface area contributed by atoms with Gasteiger partial charge in [0.25, 0.3) is 0 Å². The Morgan fingerprint density at radius 2 is 1.66 bits per heavy atom. The molecule has 0 fully saturated rings. The first-order valence-electron chi connectivity index (χ1n) is 15.5. The predicted octanol–water partition coefficient (Wildman–Crippen LogP) is 2.16. The highest BCUT2D eigenvalue weighted by molar-refractivity contribution is 5.96. The number of fused-ring (bicyclic) bond motifs is 1. The first kappa shape index (κ1) is 35.0. The standard InChI is InChI=1S/C33H50N6O5/c1-6-21(4)28(18-40)36-31(42)16-30(41)27(14-20(2)3)37-32(43)26(35)15-24-17-38(33(44)22(5)34)19-39(24)29-13-9-11-23-10-7-8-12-25(23)29/h7-13,17,20-22,26-28,30,40-41H,6,14-16,18-19,34-35H2,1-5H3,(H,36,42)(H,37,43)/t21-,22-,26-,27-,28+,30-/m0/s1. The Morgan fingerprint density at radius 1 is 0.977 bits per heavy atom. The summed E-state index contributed by atoms with van der Waals surface area (Å²) in [5.74, 6) is -0.929. The van der Waals surface area contributed by atoms with Gasteiger partial charge in [0.1, 0.15) is 6.67 Å². The van der Waals surface area contributed by atoms with Crippen LogP contribution < -0.4 is 27.0 Å². The summed E-state index contributed by atoms with van der Waals surface area (Å²) in [6, 6.07) is 11.0. The van der Waals surface area contributed by atoms with Gasteiger partial charge in [0.2, 0.25) is 17.7 Å². The van der Waals surface area contributed by atoms with Crippen molar-refractivity contribution in [3.05, 3.63) is 54.4 Å². The van der Waals surface area contributed by atoms with Crippen LogP contribution in [0, 0.1) is 11.8 Å². The number of rotatable bonds is 15. The van der Waals surface area contributed by atoms with Gasteiger partial charge in [-0.15, -0.1) is 0 Å². The molecular weight excluding hydrogens is 560 g/mol. The first-order chi connectivity index (χ1) is 20.9. The normalized spacial score (nSPS) is 17.5. The number of carbonyl (C=O) groups excluding carboxylic acids is 3. The third kappa shape index (κ3) is 9.01. The smallest absolute Gasteiger partial charge is 0.244 e. The number of hydrogen-bond donors (Lipinski definition) is 6. The van der Waals surface area contributed by atoms with E-state index in [2.05, 4.69) is 10.6 Å². The van der Waals surface area contributed by atoms with E-state index >= 15 is 0 Å². The van der Waals surface area contributed by atoms with Crippen LogP contribution in [0.25, 0.3) is 10.8 Å². The molecule has 1 aliphatic rings. The van der Waals surface area contributed by atoms with Crippen molar-refractivity contribution in [3.63, 3.8) is 0 Å². The van der Waals surface area contributed by atoms with Gasteiger partial charge in [-0.25, -0.2) is 0 Å². The van der Waals surface area contributed by atoms with E-state index in [9.17, 15) is 24.6 Å². The Labute approximate surface area is 260 Å². The average Bonchev–Trinajstić information content (AvgIpc) is 3.41. The van der Waals surface area contributed by atoms with Crippen LogP contribution in [0.5, 0.6) is 0 Å². The fourth-order valence-electron chi connectivity index (χ4n) is 5.44. The van der Waals surface area contributed by atoms with Gasteiger partial charge >= 0.3 is 0 Å². The van der Waals surface area contributed by atoms with Crippen LogP contribution in [0.2, 0.25) is 0 Å². The van der Waals surface area contributed by atoms with Crippen molar-refractivity contribution in [1.82, 2.24) is 15.5 Å². The Balaban J connectivity index is 1.77. The Morgan fingerprint density at radius 3 is 2.30 bits per heavy atom. The van der Waals surface area contributed by atoms with Crippen molar-refractivity contribution in [3.8, 4) is 0 Å². The molecule has 242 valence electrons. The van der Waals surface area contributed by atoms with Crippen LogP contribution in [0.1, 0.15) is 60.3 Å². The zero-order valence-corrected chi connectivity index (χ0v) is 26.6. The molecule has 2 aromatic rings. The van der Waals surface area contributed by atoms with E-state index in [1.165, 1.54) is 4.90 Å². The summed E-state index contributed by atoms with van der Waals surface area (Å²) in [6.45, 7) is 9.50. The van der Waals surface area contributed by atoms with Crippen LogP contribution in [0.4, 0.5) is 5.69 Å². The minimum Gasteiger partial charge on any atom is -0.394 e. The molecule has 0 radical (unpaired) electrons. The first-order valence-corrected chi connectivity index (χ1v) is 15.5. The molecule has 0 bridgehead atoms. The summed E-state index contributed by atoms with van der Waals surface area (Å²) >= 11 is 0. The molecule has 0 aliphatic carbocycles. The second kappa shape index (κ2) is 16.0. The maximum Gasteiger partial charge on any atom is 0.244 e. The lowest BCUT2D eigenvalue weighted by Crippen LogP contribution is -2.52. The number of amides is 3. The maximum atomic E-state index is 13.4. The number of aliphatic hydroxyl groups excluding tert-OH is 2. The lowest BCUT2D eigenvalue weighted by Gasteiger charge is -2.29. The summed E-state index contributed by atoms with van der Waals surface area (Å²) in [4.78, 5) is 42.5. The van der Waals surface area contributed by atoms with Gasteiger partial charge < -0.3 is 37.2 Å². The van der Waals surface area contributed by atoms with Gasteiger partial charge in [-0.1, -0.05) is 70.5 Å². The van der Waals surface area contributed by atoms with E-state index in [1.54, 1.807) is 13.1 Å². The summed E-state index contributed by atoms with van der Waals surface area (Å²) in [6.07, 6.45) is 1.65. The van der Waals surface area contributed by atoms with Crippen molar-refractivity contribution in [1.29, 1.82) is 0 Å². The molecule has 8 N–H and O–H groups in total. The van der Waals surface area contributed by atoms with Crippen LogP contribution in [0.15, 0.2) is 54.4 Å². The molecular formula is C33H50N6O5. The molecule has 6 atom stereocenters. The Hall–Kier alpha value is -3.51. The highest BCUT2D eigenvalue weighted by Gasteiger charge is 2.32. The largest absolute Gasteiger partial charge is 0.394 e. The molecule has 3 rings (SSSR count). The number of anilines is 1. The molecule has 1 heterocycles. The fourth-order valence-corrected chi connectivity index (χ4v) is 5.44. The van der Waals surface area contributed by atoms with Gasteiger partial charge in [0.05, 0.1) is 49.0 Å². The molecule has 0 spiro atoms. The molecule has 3 amide bonds. The number of nitrogens with zero attached hydrogens (tertiary/aromatic N) is 2. The van der Waals surface area contributed by atoms with Crippen LogP contribution >= 0.6 is 0 Å². The van der Waals surface area contributed by atoms with E-state index in [1.807, 2.05) is 75.1 Å². The number of carbonyl (C=O) groups is 3. The number of nitrogens with two attached hydrogens (primary N) is 2. The fraction of sp³-hybridized carbons (Fsp3) is 0.545. The van der Waals surface area contributed by atoms with E-state index < -0.39 is 42.1 Å².